The topological polar surface area (TPSA) is 85.8 Å². The van der Waals surface area contributed by atoms with E-state index in [1.54, 1.807) is 25.4 Å². The lowest BCUT2D eigenvalue weighted by Gasteiger charge is -2.34. The first-order valence-electron chi connectivity index (χ1n) is 12.1. The third kappa shape index (κ3) is 5.59. The Hall–Kier alpha value is -2.49. The van der Waals surface area contributed by atoms with Crippen molar-refractivity contribution in [1.82, 2.24) is 19.5 Å². The van der Waals surface area contributed by atoms with Crippen molar-refractivity contribution >= 4 is 21.7 Å². The lowest BCUT2D eigenvalue weighted by molar-refractivity contribution is 0.0951. The minimum absolute atomic E-state index is 0.0516. The van der Waals surface area contributed by atoms with Crippen molar-refractivity contribution in [2.75, 3.05) is 45.2 Å². The van der Waals surface area contributed by atoms with Gasteiger partial charge in [0, 0.05) is 63.1 Å². The van der Waals surface area contributed by atoms with E-state index in [2.05, 4.69) is 27.1 Å². The fourth-order valence-corrected chi connectivity index (χ4v) is 6.15. The summed E-state index contributed by atoms with van der Waals surface area (Å²) >= 11 is 0. The molecule has 0 radical (unpaired) electrons. The summed E-state index contributed by atoms with van der Waals surface area (Å²) in [6.45, 7) is 4.12. The number of sulfonamides is 1. The molecule has 4 rings (SSSR count). The molecule has 2 aliphatic rings. The molecule has 1 aliphatic heterocycles. The van der Waals surface area contributed by atoms with Crippen molar-refractivity contribution in [3.8, 4) is 0 Å². The summed E-state index contributed by atoms with van der Waals surface area (Å²) in [4.78, 5) is 22.1. The molecule has 0 spiro atoms. The summed E-state index contributed by atoms with van der Waals surface area (Å²) in [5.41, 5.74) is 1.40. The van der Waals surface area contributed by atoms with Crippen LogP contribution >= 0.6 is 0 Å². The Labute approximate surface area is 203 Å². The number of nitrogens with zero attached hydrogens (tertiary/aromatic N) is 4. The van der Waals surface area contributed by atoms with Gasteiger partial charge < -0.3 is 15.1 Å². The minimum Gasteiger partial charge on any atom is -0.354 e. The molecule has 34 heavy (non-hydrogen) atoms. The predicted octanol–water partition coefficient (Wildman–Crippen LogP) is 2.72. The van der Waals surface area contributed by atoms with Crippen LogP contribution in [0.5, 0.6) is 0 Å². The summed E-state index contributed by atoms with van der Waals surface area (Å²) in [5.74, 6) is 0.667. The van der Waals surface area contributed by atoms with Crippen LogP contribution in [0.25, 0.3) is 0 Å². The normalized spacial score (nSPS) is 18.3. The van der Waals surface area contributed by atoms with Crippen LogP contribution < -0.4 is 10.2 Å². The zero-order valence-corrected chi connectivity index (χ0v) is 20.9. The van der Waals surface area contributed by atoms with Crippen molar-refractivity contribution in [3.05, 3.63) is 53.7 Å². The second-order valence-corrected chi connectivity index (χ2v) is 11.3. The van der Waals surface area contributed by atoms with Gasteiger partial charge in [-0.15, -0.1) is 0 Å². The van der Waals surface area contributed by atoms with E-state index >= 15 is 0 Å². The number of rotatable bonds is 7. The van der Waals surface area contributed by atoms with Gasteiger partial charge in [0.05, 0.1) is 4.90 Å². The van der Waals surface area contributed by atoms with Gasteiger partial charge in [0.25, 0.3) is 5.91 Å². The van der Waals surface area contributed by atoms with Gasteiger partial charge in [0.15, 0.2) is 0 Å². The molecule has 8 nitrogen and oxygen atoms in total. The quantitative estimate of drug-likeness (QED) is 0.649. The molecule has 0 bridgehead atoms. The van der Waals surface area contributed by atoms with Gasteiger partial charge in [0.1, 0.15) is 5.82 Å². The zero-order chi connectivity index (χ0) is 24.1. The molecule has 1 aliphatic carbocycles. The first kappa shape index (κ1) is 24.6. The molecule has 1 aromatic carbocycles. The van der Waals surface area contributed by atoms with E-state index in [1.807, 2.05) is 12.1 Å². The van der Waals surface area contributed by atoms with Crippen LogP contribution in [0.2, 0.25) is 0 Å². The maximum absolute atomic E-state index is 13.0. The van der Waals surface area contributed by atoms with E-state index in [4.69, 9.17) is 0 Å². The molecule has 1 amide bonds. The van der Waals surface area contributed by atoms with Gasteiger partial charge in [-0.25, -0.2) is 13.4 Å². The Kier molecular flexibility index (Phi) is 7.85. The molecule has 2 fully saturated rings. The number of anilines is 1. The summed E-state index contributed by atoms with van der Waals surface area (Å²) in [6.07, 6.45) is 6.89. The van der Waals surface area contributed by atoms with Crippen molar-refractivity contribution in [2.24, 2.45) is 0 Å². The second-order valence-electron chi connectivity index (χ2n) is 9.30. The van der Waals surface area contributed by atoms with Crippen LogP contribution in [0, 0.1) is 0 Å². The Bertz CT molecular complexity index is 1080. The van der Waals surface area contributed by atoms with E-state index in [9.17, 15) is 13.2 Å². The van der Waals surface area contributed by atoms with Gasteiger partial charge in [-0.2, -0.15) is 4.31 Å². The first-order chi connectivity index (χ1) is 16.4. The number of hydrogen-bond acceptors (Lipinski definition) is 6. The van der Waals surface area contributed by atoms with Crippen LogP contribution in [-0.2, 0) is 16.6 Å². The highest BCUT2D eigenvalue weighted by molar-refractivity contribution is 7.89. The van der Waals surface area contributed by atoms with E-state index in [-0.39, 0.29) is 16.8 Å². The molecule has 184 valence electrons. The number of benzene rings is 1. The maximum Gasteiger partial charge on any atom is 0.251 e. The molecule has 2 aromatic rings. The number of aromatic nitrogens is 1. The molecule has 2 heterocycles. The lowest BCUT2D eigenvalue weighted by Crippen LogP contribution is -2.45. The third-order valence-corrected chi connectivity index (χ3v) is 8.92. The molecule has 1 saturated heterocycles. The summed E-state index contributed by atoms with van der Waals surface area (Å²) in [5, 5.41) is 2.96. The molecule has 0 atom stereocenters. The van der Waals surface area contributed by atoms with Crippen LogP contribution in [0.4, 0.5) is 5.82 Å². The summed E-state index contributed by atoms with van der Waals surface area (Å²) in [7, 11) is 0.203. The van der Waals surface area contributed by atoms with E-state index in [0.717, 1.165) is 63.2 Å². The largest absolute Gasteiger partial charge is 0.354 e. The van der Waals surface area contributed by atoms with Gasteiger partial charge >= 0.3 is 0 Å². The SMILES string of the molecule is CN1CCN(c2ncccc2CNC(=O)c2ccc(S(=O)(=O)N(C)C3CCCCC3)cc2)CC1. The highest BCUT2D eigenvalue weighted by Gasteiger charge is 2.29. The molecule has 0 unspecified atom stereocenters. The monoisotopic (exact) mass is 485 g/mol. The maximum atomic E-state index is 13.0. The Morgan fingerprint density at radius 3 is 2.41 bits per heavy atom. The van der Waals surface area contributed by atoms with Crippen LogP contribution in [0.1, 0.15) is 48.0 Å². The van der Waals surface area contributed by atoms with Gasteiger partial charge in [0.2, 0.25) is 10.0 Å². The third-order valence-electron chi connectivity index (χ3n) is 6.99. The number of carbonyl (C=O) groups excluding carboxylic acids is 1. The molecule has 9 heteroatoms. The number of pyridine rings is 1. The summed E-state index contributed by atoms with van der Waals surface area (Å²) < 4.78 is 27.6. The number of hydrogen-bond donors (Lipinski definition) is 1. The first-order valence-corrected chi connectivity index (χ1v) is 13.5. The van der Waals surface area contributed by atoms with Crippen LogP contribution in [-0.4, -0.2) is 74.8 Å². The summed E-state index contributed by atoms with van der Waals surface area (Å²) in [6, 6.07) is 10.1. The van der Waals surface area contributed by atoms with Crippen molar-refractivity contribution in [2.45, 2.75) is 49.6 Å². The predicted molar refractivity (Wildman–Crippen MR) is 133 cm³/mol. The fraction of sp³-hybridized carbons (Fsp3) is 0.520. The second kappa shape index (κ2) is 10.8. The number of carbonyl (C=O) groups is 1. The van der Waals surface area contributed by atoms with Crippen molar-refractivity contribution in [3.63, 3.8) is 0 Å². The Morgan fingerprint density at radius 2 is 1.74 bits per heavy atom. The standard InChI is InChI=1S/C25H35N5O3S/c1-28-15-17-30(18-16-28)24-21(7-6-14-26-24)19-27-25(31)20-10-12-23(13-11-20)34(32,33)29(2)22-8-4-3-5-9-22/h6-7,10-14,22H,3-5,8-9,15-19H2,1-2H3,(H,27,31). The van der Waals surface area contributed by atoms with Gasteiger partial charge in [-0.3, -0.25) is 4.79 Å². The molecular weight excluding hydrogens is 450 g/mol. The van der Waals surface area contributed by atoms with Gasteiger partial charge in [-0.1, -0.05) is 25.3 Å². The number of nitrogens with one attached hydrogen (secondary N) is 1. The zero-order valence-electron chi connectivity index (χ0n) is 20.1. The van der Waals surface area contributed by atoms with E-state index in [1.165, 1.54) is 22.9 Å². The van der Waals surface area contributed by atoms with Gasteiger partial charge in [-0.05, 0) is 50.2 Å². The molecule has 1 saturated carbocycles. The Morgan fingerprint density at radius 1 is 1.06 bits per heavy atom. The van der Waals surface area contributed by atoms with Crippen LogP contribution in [0.3, 0.4) is 0 Å². The average Bonchev–Trinajstić information content (AvgIpc) is 2.88. The molecule has 1 N–H and O–H groups in total. The smallest absolute Gasteiger partial charge is 0.251 e. The number of amides is 1. The minimum atomic E-state index is -3.57. The van der Waals surface area contributed by atoms with Crippen molar-refractivity contribution < 1.29 is 13.2 Å². The highest BCUT2D eigenvalue weighted by Crippen LogP contribution is 2.26. The highest BCUT2D eigenvalue weighted by atomic mass is 32.2. The molecule has 1 aromatic heterocycles. The number of likely N-dealkylation sites (N-methyl/N-ethyl adjacent to an activating group) is 1. The lowest BCUT2D eigenvalue weighted by atomic mass is 9.96. The number of piperazine rings is 1. The molecular formula is C25H35N5O3S. The Balaban J connectivity index is 1.39. The van der Waals surface area contributed by atoms with E-state index < -0.39 is 10.0 Å². The average molecular weight is 486 g/mol. The van der Waals surface area contributed by atoms with E-state index in [0.29, 0.717) is 12.1 Å². The van der Waals surface area contributed by atoms with Crippen LogP contribution in [0.15, 0.2) is 47.5 Å². The van der Waals surface area contributed by atoms with Crippen molar-refractivity contribution in [1.29, 1.82) is 0 Å². The fourth-order valence-electron chi connectivity index (χ4n) is 4.73.